The first kappa shape index (κ1) is 12.6. The molecule has 2 aromatic rings. The predicted molar refractivity (Wildman–Crippen MR) is 73.6 cm³/mol. The van der Waals surface area contributed by atoms with E-state index < -0.39 is 6.10 Å². The van der Waals surface area contributed by atoms with Crippen molar-refractivity contribution in [3.63, 3.8) is 0 Å². The van der Waals surface area contributed by atoms with Gasteiger partial charge in [-0.2, -0.15) is 0 Å². The van der Waals surface area contributed by atoms with E-state index in [1.54, 1.807) is 6.20 Å². The summed E-state index contributed by atoms with van der Waals surface area (Å²) in [5.41, 5.74) is 4.16. The molecule has 1 atom stereocenters. The first-order valence-corrected chi connectivity index (χ1v) is 6.07. The van der Waals surface area contributed by atoms with Crippen molar-refractivity contribution in [2.75, 3.05) is 11.9 Å². The van der Waals surface area contributed by atoms with E-state index in [0.717, 1.165) is 5.69 Å². The highest BCUT2D eigenvalue weighted by Gasteiger charge is 2.08. The van der Waals surface area contributed by atoms with Crippen molar-refractivity contribution in [3.05, 3.63) is 59.4 Å². The molecule has 94 valence electrons. The molecule has 0 aliphatic rings. The fourth-order valence-corrected chi connectivity index (χ4v) is 1.90. The van der Waals surface area contributed by atoms with Crippen LogP contribution in [0, 0.1) is 13.8 Å². The van der Waals surface area contributed by atoms with Crippen molar-refractivity contribution in [1.29, 1.82) is 0 Å². The van der Waals surface area contributed by atoms with Gasteiger partial charge in [-0.25, -0.2) is 0 Å². The number of hydrogen-bond donors (Lipinski definition) is 2. The third-order valence-corrected chi connectivity index (χ3v) is 2.90. The lowest BCUT2D eigenvalue weighted by atomic mass is 10.1. The molecule has 0 saturated carbocycles. The molecule has 1 aromatic heterocycles. The van der Waals surface area contributed by atoms with Gasteiger partial charge in [0, 0.05) is 18.4 Å². The van der Waals surface area contributed by atoms with E-state index in [1.807, 2.05) is 24.3 Å². The quantitative estimate of drug-likeness (QED) is 0.866. The van der Waals surface area contributed by atoms with Crippen molar-refractivity contribution in [3.8, 4) is 0 Å². The zero-order chi connectivity index (χ0) is 13.0. The van der Waals surface area contributed by atoms with Crippen LogP contribution in [0.4, 0.5) is 5.69 Å². The molecule has 1 aromatic carbocycles. The van der Waals surface area contributed by atoms with Crippen molar-refractivity contribution >= 4 is 5.69 Å². The van der Waals surface area contributed by atoms with Gasteiger partial charge < -0.3 is 10.4 Å². The van der Waals surface area contributed by atoms with E-state index in [2.05, 4.69) is 36.3 Å². The summed E-state index contributed by atoms with van der Waals surface area (Å²) in [7, 11) is 0. The topological polar surface area (TPSA) is 45.1 Å². The van der Waals surface area contributed by atoms with Crippen molar-refractivity contribution in [2.24, 2.45) is 0 Å². The zero-order valence-electron chi connectivity index (χ0n) is 10.7. The number of aliphatic hydroxyl groups excluding tert-OH is 1. The van der Waals surface area contributed by atoms with Crippen LogP contribution in [0.2, 0.25) is 0 Å². The number of aryl methyl sites for hydroxylation is 2. The van der Waals surface area contributed by atoms with E-state index in [0.29, 0.717) is 12.2 Å². The van der Waals surface area contributed by atoms with Gasteiger partial charge >= 0.3 is 0 Å². The summed E-state index contributed by atoms with van der Waals surface area (Å²) in [6, 6.07) is 11.8. The Morgan fingerprint density at radius 3 is 2.72 bits per heavy atom. The molecule has 3 heteroatoms. The van der Waals surface area contributed by atoms with Gasteiger partial charge in [0.05, 0.1) is 5.69 Å². The Hall–Kier alpha value is -1.87. The molecule has 2 rings (SSSR count). The molecule has 0 spiro atoms. The smallest absolute Gasteiger partial charge is 0.113 e. The maximum absolute atomic E-state index is 10.0. The molecule has 0 amide bonds. The number of aromatic nitrogens is 1. The Bertz CT molecular complexity index is 511. The summed E-state index contributed by atoms with van der Waals surface area (Å²) < 4.78 is 0. The lowest BCUT2D eigenvalue weighted by molar-refractivity contribution is 0.187. The molecule has 2 N–H and O–H groups in total. The van der Waals surface area contributed by atoms with Crippen molar-refractivity contribution < 1.29 is 5.11 Å². The Balaban J connectivity index is 1.99. The monoisotopic (exact) mass is 242 g/mol. The molecule has 0 radical (unpaired) electrons. The minimum absolute atomic E-state index is 0.459. The number of nitrogens with one attached hydrogen (secondary N) is 1. The van der Waals surface area contributed by atoms with Crippen LogP contribution in [-0.2, 0) is 0 Å². The molecule has 0 fully saturated rings. The van der Waals surface area contributed by atoms with E-state index in [4.69, 9.17) is 0 Å². The fraction of sp³-hybridized carbons (Fsp3) is 0.267. The maximum atomic E-state index is 10.0. The molecule has 1 unspecified atom stereocenters. The average Bonchev–Trinajstić information content (AvgIpc) is 2.38. The largest absolute Gasteiger partial charge is 0.385 e. The van der Waals surface area contributed by atoms with Crippen LogP contribution in [0.15, 0.2) is 42.6 Å². The summed E-state index contributed by atoms with van der Waals surface area (Å²) in [5.74, 6) is 0. The third kappa shape index (κ3) is 3.08. The van der Waals surface area contributed by atoms with Gasteiger partial charge in [0.2, 0.25) is 0 Å². The predicted octanol–water partition coefficient (Wildman–Crippen LogP) is 2.84. The number of nitrogens with zero attached hydrogens (tertiary/aromatic N) is 1. The van der Waals surface area contributed by atoms with E-state index in [9.17, 15) is 5.11 Å². The normalized spacial score (nSPS) is 12.2. The molecular weight excluding hydrogens is 224 g/mol. The average molecular weight is 242 g/mol. The van der Waals surface area contributed by atoms with Crippen LogP contribution in [-0.4, -0.2) is 16.6 Å². The summed E-state index contributed by atoms with van der Waals surface area (Å²) in [6.07, 6.45) is 1.10. The minimum atomic E-state index is -0.591. The first-order valence-electron chi connectivity index (χ1n) is 6.07. The maximum Gasteiger partial charge on any atom is 0.113 e. The van der Waals surface area contributed by atoms with Gasteiger partial charge in [-0.05, 0) is 37.6 Å². The van der Waals surface area contributed by atoms with E-state index >= 15 is 0 Å². The van der Waals surface area contributed by atoms with Crippen LogP contribution >= 0.6 is 0 Å². The Kier molecular flexibility index (Phi) is 3.95. The minimum Gasteiger partial charge on any atom is -0.385 e. The molecule has 18 heavy (non-hydrogen) atoms. The lowest BCUT2D eigenvalue weighted by Gasteiger charge is -2.14. The van der Waals surface area contributed by atoms with Gasteiger partial charge in [0.1, 0.15) is 6.10 Å². The van der Waals surface area contributed by atoms with Crippen LogP contribution in [0.1, 0.15) is 22.9 Å². The van der Waals surface area contributed by atoms with Crippen LogP contribution in [0.5, 0.6) is 0 Å². The Morgan fingerprint density at radius 2 is 2.06 bits per heavy atom. The van der Waals surface area contributed by atoms with Gasteiger partial charge in [-0.15, -0.1) is 0 Å². The number of benzene rings is 1. The number of anilines is 1. The molecule has 0 aliphatic carbocycles. The van der Waals surface area contributed by atoms with Gasteiger partial charge in [-0.1, -0.05) is 23.8 Å². The van der Waals surface area contributed by atoms with Crippen molar-refractivity contribution in [1.82, 2.24) is 4.98 Å². The van der Waals surface area contributed by atoms with E-state index in [1.165, 1.54) is 11.1 Å². The van der Waals surface area contributed by atoms with Crippen LogP contribution < -0.4 is 5.32 Å². The Morgan fingerprint density at radius 1 is 1.22 bits per heavy atom. The van der Waals surface area contributed by atoms with Gasteiger partial charge in [-0.3, -0.25) is 4.98 Å². The van der Waals surface area contributed by atoms with Crippen LogP contribution in [0.25, 0.3) is 0 Å². The molecule has 0 bridgehead atoms. The highest BCUT2D eigenvalue weighted by molar-refractivity contribution is 5.52. The highest BCUT2D eigenvalue weighted by atomic mass is 16.3. The zero-order valence-corrected chi connectivity index (χ0v) is 10.7. The number of pyridine rings is 1. The highest BCUT2D eigenvalue weighted by Crippen LogP contribution is 2.17. The second kappa shape index (κ2) is 5.65. The summed E-state index contributed by atoms with van der Waals surface area (Å²) >= 11 is 0. The first-order chi connectivity index (χ1) is 8.66. The molecule has 1 heterocycles. The third-order valence-electron chi connectivity index (χ3n) is 2.90. The summed E-state index contributed by atoms with van der Waals surface area (Å²) in [4.78, 5) is 4.14. The number of rotatable bonds is 4. The second-order valence-electron chi connectivity index (χ2n) is 4.47. The molecular formula is C15H18N2O. The molecule has 3 nitrogen and oxygen atoms in total. The lowest BCUT2D eigenvalue weighted by Crippen LogP contribution is -2.13. The molecule has 0 aliphatic heterocycles. The van der Waals surface area contributed by atoms with Gasteiger partial charge in [0.15, 0.2) is 0 Å². The summed E-state index contributed by atoms with van der Waals surface area (Å²) in [6.45, 7) is 4.59. The Labute approximate surface area is 108 Å². The van der Waals surface area contributed by atoms with Crippen LogP contribution in [0.3, 0.4) is 0 Å². The standard InChI is InChI=1S/C15H18N2O/c1-11-6-7-13(12(2)9-11)17-10-15(18)14-5-3-4-8-16-14/h3-9,15,17-18H,10H2,1-2H3. The number of aliphatic hydroxyl groups is 1. The second-order valence-corrected chi connectivity index (χ2v) is 4.47. The summed E-state index contributed by atoms with van der Waals surface area (Å²) in [5, 5.41) is 13.3. The van der Waals surface area contributed by atoms with E-state index in [-0.39, 0.29) is 0 Å². The molecule has 0 saturated heterocycles. The fourth-order valence-electron chi connectivity index (χ4n) is 1.90. The van der Waals surface area contributed by atoms with Crippen molar-refractivity contribution in [2.45, 2.75) is 20.0 Å². The van der Waals surface area contributed by atoms with Gasteiger partial charge in [0.25, 0.3) is 0 Å². The SMILES string of the molecule is Cc1ccc(NCC(O)c2ccccn2)c(C)c1. The number of hydrogen-bond acceptors (Lipinski definition) is 3.